The van der Waals surface area contributed by atoms with Crippen LogP contribution >= 0.6 is 0 Å². The summed E-state index contributed by atoms with van der Waals surface area (Å²) in [5, 5.41) is 2.70. The third-order valence-corrected chi connectivity index (χ3v) is 3.08. The SMILES string of the molecule is NCc1cccc(CNC(=O)Cc2ccc(F)cc2F)c1. The van der Waals surface area contributed by atoms with E-state index in [2.05, 4.69) is 5.32 Å². The fourth-order valence-electron chi connectivity index (χ4n) is 1.97. The van der Waals surface area contributed by atoms with E-state index in [0.717, 1.165) is 23.3 Å². The van der Waals surface area contributed by atoms with Crippen molar-refractivity contribution < 1.29 is 13.6 Å². The van der Waals surface area contributed by atoms with Crippen molar-refractivity contribution in [1.29, 1.82) is 0 Å². The quantitative estimate of drug-likeness (QED) is 0.887. The molecule has 2 rings (SSSR count). The molecule has 2 aromatic rings. The minimum atomic E-state index is -0.713. The highest BCUT2D eigenvalue weighted by molar-refractivity contribution is 5.78. The van der Waals surface area contributed by atoms with Crippen LogP contribution in [0, 0.1) is 11.6 Å². The van der Waals surface area contributed by atoms with Gasteiger partial charge < -0.3 is 11.1 Å². The Balaban J connectivity index is 1.92. The van der Waals surface area contributed by atoms with E-state index < -0.39 is 11.6 Å². The summed E-state index contributed by atoms with van der Waals surface area (Å²) in [6.07, 6.45) is -0.122. The minimum Gasteiger partial charge on any atom is -0.352 e. The van der Waals surface area contributed by atoms with Crippen LogP contribution in [0.1, 0.15) is 16.7 Å². The molecule has 0 aromatic heterocycles. The van der Waals surface area contributed by atoms with Crippen molar-refractivity contribution in [2.75, 3.05) is 0 Å². The Morgan fingerprint density at radius 1 is 1.10 bits per heavy atom. The summed E-state index contributed by atoms with van der Waals surface area (Å²) < 4.78 is 26.2. The maximum absolute atomic E-state index is 13.4. The fourth-order valence-corrected chi connectivity index (χ4v) is 1.97. The largest absolute Gasteiger partial charge is 0.352 e. The standard InChI is InChI=1S/C16H16F2N2O/c17-14-5-4-13(15(18)8-14)7-16(21)20-10-12-3-1-2-11(6-12)9-19/h1-6,8H,7,9-10,19H2,(H,20,21). The van der Waals surface area contributed by atoms with E-state index in [1.54, 1.807) is 0 Å². The Morgan fingerprint density at radius 3 is 2.57 bits per heavy atom. The highest BCUT2D eigenvalue weighted by Crippen LogP contribution is 2.10. The third-order valence-electron chi connectivity index (χ3n) is 3.08. The second-order valence-electron chi connectivity index (χ2n) is 4.71. The molecule has 2 aromatic carbocycles. The van der Waals surface area contributed by atoms with Crippen LogP contribution < -0.4 is 11.1 Å². The molecule has 0 saturated heterocycles. The minimum absolute atomic E-state index is 0.122. The Labute approximate surface area is 121 Å². The zero-order valence-corrected chi connectivity index (χ0v) is 11.4. The second kappa shape index (κ2) is 6.95. The molecule has 3 N–H and O–H groups in total. The molecule has 0 unspecified atom stereocenters. The van der Waals surface area contributed by atoms with Gasteiger partial charge in [0.05, 0.1) is 6.42 Å². The number of amides is 1. The van der Waals surface area contributed by atoms with Crippen LogP contribution in [-0.2, 0) is 24.3 Å². The van der Waals surface area contributed by atoms with Crippen LogP contribution in [0.2, 0.25) is 0 Å². The van der Waals surface area contributed by atoms with Gasteiger partial charge in [-0.3, -0.25) is 4.79 Å². The Kier molecular flexibility index (Phi) is 5.00. The number of rotatable bonds is 5. The third kappa shape index (κ3) is 4.36. The summed E-state index contributed by atoms with van der Waals surface area (Å²) in [6.45, 7) is 0.776. The molecule has 0 aliphatic carbocycles. The highest BCUT2D eigenvalue weighted by atomic mass is 19.1. The fraction of sp³-hybridized carbons (Fsp3) is 0.188. The van der Waals surface area contributed by atoms with Crippen LogP contribution in [0.3, 0.4) is 0 Å². The zero-order valence-electron chi connectivity index (χ0n) is 11.4. The molecule has 0 aliphatic rings. The van der Waals surface area contributed by atoms with Crippen molar-refractivity contribution in [2.24, 2.45) is 5.73 Å². The summed E-state index contributed by atoms with van der Waals surface area (Å²) in [6, 6.07) is 10.7. The molecule has 0 bridgehead atoms. The molecule has 5 heteroatoms. The predicted molar refractivity (Wildman–Crippen MR) is 76.2 cm³/mol. The average Bonchev–Trinajstić information content (AvgIpc) is 2.48. The molecule has 0 heterocycles. The highest BCUT2D eigenvalue weighted by Gasteiger charge is 2.09. The number of carbonyl (C=O) groups excluding carboxylic acids is 1. The second-order valence-corrected chi connectivity index (χ2v) is 4.71. The van der Waals surface area contributed by atoms with Gasteiger partial charge >= 0.3 is 0 Å². The normalized spacial score (nSPS) is 10.4. The molecule has 0 fully saturated rings. The van der Waals surface area contributed by atoms with E-state index in [-0.39, 0.29) is 17.9 Å². The van der Waals surface area contributed by atoms with Gasteiger partial charge in [-0.1, -0.05) is 30.3 Å². The lowest BCUT2D eigenvalue weighted by Crippen LogP contribution is -2.25. The molecule has 3 nitrogen and oxygen atoms in total. The van der Waals surface area contributed by atoms with Gasteiger partial charge in [0.15, 0.2) is 0 Å². The van der Waals surface area contributed by atoms with Crippen LogP contribution in [-0.4, -0.2) is 5.91 Å². The van der Waals surface area contributed by atoms with E-state index in [0.29, 0.717) is 13.1 Å². The molecule has 21 heavy (non-hydrogen) atoms. The lowest BCUT2D eigenvalue weighted by molar-refractivity contribution is -0.120. The van der Waals surface area contributed by atoms with E-state index >= 15 is 0 Å². The van der Waals surface area contributed by atoms with E-state index in [4.69, 9.17) is 5.73 Å². The molecule has 110 valence electrons. The molecular weight excluding hydrogens is 274 g/mol. The lowest BCUT2D eigenvalue weighted by atomic mass is 10.1. The van der Waals surface area contributed by atoms with Crippen molar-refractivity contribution in [3.05, 3.63) is 70.8 Å². The van der Waals surface area contributed by atoms with Gasteiger partial charge in [-0.25, -0.2) is 8.78 Å². The van der Waals surface area contributed by atoms with Crippen molar-refractivity contribution >= 4 is 5.91 Å². The van der Waals surface area contributed by atoms with Gasteiger partial charge in [-0.2, -0.15) is 0 Å². The number of hydrogen-bond acceptors (Lipinski definition) is 2. The molecule has 0 saturated carbocycles. The van der Waals surface area contributed by atoms with Crippen molar-refractivity contribution in [2.45, 2.75) is 19.5 Å². The Morgan fingerprint density at radius 2 is 1.86 bits per heavy atom. The van der Waals surface area contributed by atoms with Crippen molar-refractivity contribution in [3.63, 3.8) is 0 Å². The lowest BCUT2D eigenvalue weighted by Gasteiger charge is -2.07. The summed E-state index contributed by atoms with van der Waals surface area (Å²) in [4.78, 5) is 11.8. The summed E-state index contributed by atoms with van der Waals surface area (Å²) in [7, 11) is 0. The van der Waals surface area contributed by atoms with Gasteiger partial charge in [-0.05, 0) is 22.8 Å². The number of nitrogens with two attached hydrogens (primary N) is 1. The van der Waals surface area contributed by atoms with Crippen molar-refractivity contribution in [1.82, 2.24) is 5.32 Å². The summed E-state index contributed by atoms with van der Waals surface area (Å²) >= 11 is 0. The summed E-state index contributed by atoms with van der Waals surface area (Å²) in [5.74, 6) is -1.69. The van der Waals surface area contributed by atoms with Gasteiger partial charge in [-0.15, -0.1) is 0 Å². The maximum atomic E-state index is 13.4. The number of nitrogens with one attached hydrogen (secondary N) is 1. The van der Waals surface area contributed by atoms with Crippen molar-refractivity contribution in [3.8, 4) is 0 Å². The van der Waals surface area contributed by atoms with Gasteiger partial charge in [0.2, 0.25) is 5.91 Å². The molecule has 0 spiro atoms. The van der Waals surface area contributed by atoms with Gasteiger partial charge in [0, 0.05) is 19.2 Å². The first-order chi connectivity index (χ1) is 10.1. The molecule has 0 atom stereocenters. The predicted octanol–water partition coefficient (Wildman–Crippen LogP) is 2.28. The zero-order chi connectivity index (χ0) is 15.2. The van der Waals surface area contributed by atoms with E-state index in [1.807, 2.05) is 24.3 Å². The number of carbonyl (C=O) groups is 1. The molecule has 0 aliphatic heterocycles. The van der Waals surface area contributed by atoms with Crippen LogP contribution in [0.4, 0.5) is 8.78 Å². The number of halogens is 2. The van der Waals surface area contributed by atoms with E-state index in [9.17, 15) is 13.6 Å². The number of hydrogen-bond donors (Lipinski definition) is 2. The monoisotopic (exact) mass is 290 g/mol. The number of benzene rings is 2. The van der Waals surface area contributed by atoms with E-state index in [1.165, 1.54) is 6.07 Å². The molecule has 1 amide bonds. The van der Waals surface area contributed by atoms with Crippen LogP contribution in [0.25, 0.3) is 0 Å². The maximum Gasteiger partial charge on any atom is 0.224 e. The molecule has 0 radical (unpaired) electrons. The first-order valence-electron chi connectivity index (χ1n) is 6.57. The first kappa shape index (κ1) is 15.1. The Bertz CT molecular complexity index is 644. The smallest absolute Gasteiger partial charge is 0.224 e. The topological polar surface area (TPSA) is 55.1 Å². The first-order valence-corrected chi connectivity index (χ1v) is 6.57. The van der Waals surface area contributed by atoms with Crippen LogP contribution in [0.15, 0.2) is 42.5 Å². The van der Waals surface area contributed by atoms with Gasteiger partial charge in [0.1, 0.15) is 11.6 Å². The molecular formula is C16H16F2N2O. The Hall–Kier alpha value is -2.27. The van der Waals surface area contributed by atoms with Gasteiger partial charge in [0.25, 0.3) is 0 Å². The van der Waals surface area contributed by atoms with Crippen LogP contribution in [0.5, 0.6) is 0 Å². The average molecular weight is 290 g/mol. The summed E-state index contributed by atoms with van der Waals surface area (Å²) in [5.41, 5.74) is 7.62.